The third-order valence-corrected chi connectivity index (χ3v) is 5.76. The zero-order valence-electron chi connectivity index (χ0n) is 18.0. The summed E-state index contributed by atoms with van der Waals surface area (Å²) < 4.78 is 24.8. The highest BCUT2D eigenvalue weighted by Crippen LogP contribution is 2.31. The van der Waals surface area contributed by atoms with Gasteiger partial charge in [-0.2, -0.15) is 0 Å². The maximum Gasteiger partial charge on any atom is 0.225 e. The standard InChI is InChI=1S/C23H25FN6O3/c24-16-5-3-14(4-6-16)20-21(17-7-8-26-23(28-17)27-10-13-1-2-13)30-18(29-20)9-19-32-11-15(12-33-19)22(25)31/h3-8,13,15,19H,1-2,9-12H2,(H2,25,31)(H,29,30)(H,26,27,28). The minimum absolute atomic E-state index is 0.209. The zero-order valence-corrected chi connectivity index (χ0v) is 18.0. The van der Waals surface area contributed by atoms with Crippen LogP contribution in [-0.2, 0) is 20.7 Å². The molecule has 3 heterocycles. The van der Waals surface area contributed by atoms with E-state index in [4.69, 9.17) is 20.2 Å². The molecule has 33 heavy (non-hydrogen) atoms. The van der Waals surface area contributed by atoms with Crippen LogP contribution in [0.5, 0.6) is 0 Å². The van der Waals surface area contributed by atoms with E-state index in [1.54, 1.807) is 24.4 Å². The van der Waals surface area contributed by atoms with Gasteiger partial charge in [0.1, 0.15) is 11.6 Å². The average molecular weight is 452 g/mol. The highest BCUT2D eigenvalue weighted by Gasteiger charge is 2.27. The Morgan fingerprint density at radius 3 is 2.61 bits per heavy atom. The molecule has 10 heteroatoms. The maximum atomic E-state index is 13.5. The summed E-state index contributed by atoms with van der Waals surface area (Å²) in [7, 11) is 0. The number of anilines is 1. The second-order valence-electron chi connectivity index (χ2n) is 8.40. The van der Waals surface area contributed by atoms with Crippen LogP contribution in [0.3, 0.4) is 0 Å². The van der Waals surface area contributed by atoms with E-state index in [0.29, 0.717) is 41.2 Å². The first kappa shape index (κ1) is 21.5. The summed E-state index contributed by atoms with van der Waals surface area (Å²) in [5.41, 5.74) is 8.07. The second kappa shape index (κ2) is 9.24. The van der Waals surface area contributed by atoms with Crippen LogP contribution >= 0.6 is 0 Å². The van der Waals surface area contributed by atoms with Gasteiger partial charge in [0.05, 0.1) is 42.6 Å². The van der Waals surface area contributed by atoms with Gasteiger partial charge in [-0.1, -0.05) is 0 Å². The molecule has 0 spiro atoms. The SMILES string of the molecule is NC(=O)C1COC(Cc2nc(-c3ccc(F)cc3)c(-c3ccnc(NCC4CC4)n3)[nH]2)OC1. The molecule has 2 fully saturated rings. The first-order valence-corrected chi connectivity index (χ1v) is 11.0. The molecule has 9 nitrogen and oxygen atoms in total. The molecule has 0 bridgehead atoms. The first-order valence-electron chi connectivity index (χ1n) is 11.0. The van der Waals surface area contributed by atoms with Crippen LogP contribution in [0.15, 0.2) is 36.5 Å². The highest BCUT2D eigenvalue weighted by molar-refractivity contribution is 5.77. The van der Waals surface area contributed by atoms with Gasteiger partial charge in [0.15, 0.2) is 6.29 Å². The van der Waals surface area contributed by atoms with Gasteiger partial charge in [0.2, 0.25) is 11.9 Å². The molecule has 2 aromatic heterocycles. The zero-order chi connectivity index (χ0) is 22.8. The lowest BCUT2D eigenvalue weighted by Crippen LogP contribution is -2.40. The van der Waals surface area contributed by atoms with Crippen molar-refractivity contribution < 1.29 is 18.7 Å². The van der Waals surface area contributed by atoms with Gasteiger partial charge in [0, 0.05) is 18.3 Å². The van der Waals surface area contributed by atoms with Crippen LogP contribution < -0.4 is 11.1 Å². The van der Waals surface area contributed by atoms with Crippen LogP contribution in [0.4, 0.5) is 10.3 Å². The number of hydrogen-bond acceptors (Lipinski definition) is 7. The van der Waals surface area contributed by atoms with Crippen molar-refractivity contribution in [1.29, 1.82) is 0 Å². The monoisotopic (exact) mass is 452 g/mol. The topological polar surface area (TPSA) is 128 Å². The Morgan fingerprint density at radius 1 is 1.15 bits per heavy atom. The number of hydrogen-bond donors (Lipinski definition) is 3. The van der Waals surface area contributed by atoms with Crippen LogP contribution in [-0.4, -0.2) is 51.9 Å². The molecule has 1 aromatic carbocycles. The number of aromatic amines is 1. The quantitative estimate of drug-likeness (QED) is 0.479. The number of primary amides is 1. The summed E-state index contributed by atoms with van der Waals surface area (Å²) in [5, 5.41) is 3.29. The van der Waals surface area contributed by atoms with E-state index in [-0.39, 0.29) is 19.0 Å². The lowest BCUT2D eigenvalue weighted by molar-refractivity contribution is -0.199. The number of carbonyl (C=O) groups is 1. The van der Waals surface area contributed by atoms with E-state index in [1.165, 1.54) is 25.0 Å². The molecule has 0 atom stereocenters. The van der Waals surface area contributed by atoms with Crippen molar-refractivity contribution in [2.45, 2.75) is 25.6 Å². The van der Waals surface area contributed by atoms with Crippen LogP contribution in [0.1, 0.15) is 18.7 Å². The predicted molar refractivity (Wildman–Crippen MR) is 118 cm³/mol. The summed E-state index contributed by atoms with van der Waals surface area (Å²) in [5.74, 6) is 0.649. The lowest BCUT2D eigenvalue weighted by atomic mass is 10.1. The van der Waals surface area contributed by atoms with Gasteiger partial charge in [-0.15, -0.1) is 0 Å². The van der Waals surface area contributed by atoms with Crippen molar-refractivity contribution in [3.05, 3.63) is 48.2 Å². The Hall–Kier alpha value is -3.37. The van der Waals surface area contributed by atoms with E-state index >= 15 is 0 Å². The predicted octanol–water partition coefficient (Wildman–Crippen LogP) is 2.51. The molecule has 4 N–H and O–H groups in total. The average Bonchev–Trinajstić information content (AvgIpc) is 3.57. The number of nitrogens with two attached hydrogens (primary N) is 1. The minimum atomic E-state index is -0.554. The van der Waals surface area contributed by atoms with Gasteiger partial charge >= 0.3 is 0 Å². The van der Waals surface area contributed by atoms with Gasteiger partial charge in [-0.3, -0.25) is 4.79 Å². The molecule has 5 rings (SSSR count). The maximum absolute atomic E-state index is 13.5. The lowest BCUT2D eigenvalue weighted by Gasteiger charge is -2.27. The van der Waals surface area contributed by atoms with Gasteiger partial charge in [-0.05, 0) is 49.1 Å². The number of benzene rings is 1. The number of aromatic nitrogens is 4. The fourth-order valence-corrected chi connectivity index (χ4v) is 3.64. The number of halogens is 1. The third-order valence-electron chi connectivity index (χ3n) is 5.76. The minimum Gasteiger partial charge on any atom is -0.369 e. The van der Waals surface area contributed by atoms with Crippen LogP contribution in [0, 0.1) is 17.7 Å². The molecule has 1 amide bonds. The fraction of sp³-hybridized carbons (Fsp3) is 0.391. The van der Waals surface area contributed by atoms with Gasteiger partial charge < -0.3 is 25.5 Å². The fourth-order valence-electron chi connectivity index (χ4n) is 3.64. The number of amides is 1. The molecule has 1 saturated carbocycles. The number of nitrogens with zero attached hydrogens (tertiary/aromatic N) is 3. The van der Waals surface area contributed by atoms with Crippen molar-refractivity contribution >= 4 is 11.9 Å². The molecule has 1 saturated heterocycles. The van der Waals surface area contributed by atoms with Gasteiger partial charge in [-0.25, -0.2) is 19.3 Å². The number of imidazole rings is 1. The Bertz CT molecular complexity index is 1120. The molecule has 0 radical (unpaired) electrons. The largest absolute Gasteiger partial charge is 0.369 e. The Labute approximate surface area is 189 Å². The number of H-pyrrole nitrogens is 1. The van der Waals surface area contributed by atoms with Gasteiger partial charge in [0.25, 0.3) is 0 Å². The van der Waals surface area contributed by atoms with E-state index in [1.807, 2.05) is 0 Å². The molecular formula is C23H25FN6O3. The van der Waals surface area contributed by atoms with Crippen molar-refractivity contribution in [2.75, 3.05) is 25.1 Å². The Morgan fingerprint density at radius 2 is 1.91 bits per heavy atom. The van der Waals surface area contributed by atoms with E-state index < -0.39 is 18.1 Å². The molecular weight excluding hydrogens is 427 g/mol. The van der Waals surface area contributed by atoms with Crippen LogP contribution in [0.2, 0.25) is 0 Å². The smallest absolute Gasteiger partial charge is 0.225 e. The number of nitrogens with one attached hydrogen (secondary N) is 2. The second-order valence-corrected chi connectivity index (χ2v) is 8.40. The molecule has 2 aliphatic rings. The molecule has 0 unspecified atom stereocenters. The third kappa shape index (κ3) is 5.18. The summed E-state index contributed by atoms with van der Waals surface area (Å²) >= 11 is 0. The first-order chi connectivity index (χ1) is 16.0. The van der Waals surface area contributed by atoms with E-state index in [2.05, 4.69) is 20.3 Å². The summed E-state index contributed by atoms with van der Waals surface area (Å²) in [6, 6.07) is 7.95. The molecule has 3 aromatic rings. The van der Waals surface area contributed by atoms with Crippen molar-refractivity contribution in [2.24, 2.45) is 17.6 Å². The van der Waals surface area contributed by atoms with E-state index in [9.17, 15) is 9.18 Å². The number of rotatable bonds is 8. The summed E-state index contributed by atoms with van der Waals surface area (Å²) in [6.07, 6.45) is 3.96. The highest BCUT2D eigenvalue weighted by atomic mass is 19.1. The molecule has 1 aliphatic heterocycles. The summed E-state index contributed by atoms with van der Waals surface area (Å²) in [6.45, 7) is 1.27. The normalized spacial score (nSPS) is 20.5. The number of carbonyl (C=O) groups excluding carboxylic acids is 1. The Balaban J connectivity index is 1.41. The summed E-state index contributed by atoms with van der Waals surface area (Å²) in [4.78, 5) is 28.4. The molecule has 172 valence electrons. The van der Waals surface area contributed by atoms with Crippen molar-refractivity contribution in [1.82, 2.24) is 19.9 Å². The van der Waals surface area contributed by atoms with E-state index in [0.717, 1.165) is 12.1 Å². The van der Waals surface area contributed by atoms with Crippen molar-refractivity contribution in [3.63, 3.8) is 0 Å². The molecule has 1 aliphatic carbocycles. The Kier molecular flexibility index (Phi) is 6.01. The van der Waals surface area contributed by atoms with Crippen LogP contribution in [0.25, 0.3) is 22.6 Å². The van der Waals surface area contributed by atoms with Crippen molar-refractivity contribution in [3.8, 4) is 22.6 Å². The number of ether oxygens (including phenoxy) is 2.